The van der Waals surface area contributed by atoms with Gasteiger partial charge >= 0.3 is 0 Å². The maximum atomic E-state index is 9.73. The van der Waals surface area contributed by atoms with Crippen molar-refractivity contribution in [1.29, 1.82) is 0 Å². The van der Waals surface area contributed by atoms with Gasteiger partial charge < -0.3 is 18.3 Å². The van der Waals surface area contributed by atoms with Gasteiger partial charge in [-0.3, -0.25) is 0 Å². The van der Waals surface area contributed by atoms with Gasteiger partial charge in [0.15, 0.2) is 11.6 Å². The Morgan fingerprint density at radius 3 is 1.25 bits per heavy atom. The Hall–Kier alpha value is -16.7. The van der Waals surface area contributed by atoms with Crippen LogP contribution in [0.4, 0.5) is 5.69 Å². The summed E-state index contributed by atoms with van der Waals surface area (Å²) in [5.74, 6) is 0.739. The highest BCUT2D eigenvalue weighted by atomic mass is 15.0. The minimum atomic E-state index is -0.207. The molecule has 0 unspecified atom stereocenters. The molecule has 0 saturated heterocycles. The molecule has 0 saturated carbocycles. The molecule has 26 aromatic rings. The van der Waals surface area contributed by atoms with Gasteiger partial charge in [0, 0.05) is 98.6 Å². The van der Waals surface area contributed by atoms with Crippen LogP contribution in [-0.2, 0) is 0 Å². The van der Waals surface area contributed by atoms with Gasteiger partial charge in [-0.25, -0.2) is 24.8 Å². The van der Waals surface area contributed by atoms with Crippen LogP contribution >= 0.6 is 0 Å². The van der Waals surface area contributed by atoms with Crippen molar-refractivity contribution < 1.29 is 5.48 Å². The third-order valence-corrected chi connectivity index (χ3v) is 24.7. The van der Waals surface area contributed by atoms with Crippen molar-refractivity contribution in [3.63, 3.8) is 0 Å². The number of para-hydroxylation sites is 5. The highest BCUT2D eigenvalue weighted by molar-refractivity contribution is 6.25. The first-order valence-corrected chi connectivity index (χ1v) is 41.0. The van der Waals surface area contributed by atoms with E-state index in [2.05, 4.69) is 328 Å². The van der Waals surface area contributed by atoms with E-state index in [9.17, 15) is 5.48 Å². The van der Waals surface area contributed by atoms with E-state index < -0.39 is 0 Å². The summed E-state index contributed by atoms with van der Waals surface area (Å²) < 4.78 is 47.7. The molecular weight excluding hydrogens is 1480 g/mol. The zero-order chi connectivity index (χ0) is 83.7. The number of fused-ring (bicyclic) bond motifs is 22. The van der Waals surface area contributed by atoms with E-state index in [1.54, 1.807) is 0 Å². The molecule has 0 N–H and O–H groups in total. The quantitative estimate of drug-likeness (QED) is 0.142. The predicted octanol–water partition coefficient (Wildman–Crippen LogP) is 29.8. The average Bonchev–Trinajstić information content (AvgIpc) is 1.54. The fourth-order valence-electron chi connectivity index (χ4n) is 19.2. The van der Waals surface area contributed by atoms with Crippen molar-refractivity contribution in [2.75, 3.05) is 0 Å². The third-order valence-electron chi connectivity index (χ3n) is 24.7. The average molecular weight is 1550 g/mol. The van der Waals surface area contributed by atoms with Gasteiger partial charge in [0.2, 0.25) is 5.69 Å². The second kappa shape index (κ2) is 27.2. The molecule has 6 heterocycles. The first kappa shape index (κ1) is 64.5. The second-order valence-corrected chi connectivity index (χ2v) is 31.6. The Labute approximate surface area is 704 Å². The molecule has 0 aliphatic carbocycles. The molecule has 122 heavy (non-hydrogen) atoms. The lowest BCUT2D eigenvalue weighted by molar-refractivity contribution is 1.18. The van der Waals surface area contributed by atoms with E-state index in [0.717, 1.165) is 164 Å². The van der Waals surface area contributed by atoms with E-state index in [1.165, 1.54) is 43.4 Å². The molecule has 0 atom stereocenters. The number of rotatable bonds is 8. The molecule has 0 bridgehead atoms. The SMILES string of the molecule is [2H]c1c([2H])c(-n2c3cc4ccccc4cc3c3ccc4ccccc4c32)c([2H])c([2H])c1-c1nc(-c2ccc3c(c2)c2cc4ccccc4cc2n3-c2ccccc2)c2ccccc2n1.[C-]#[N+]c1ccc(-c2nc(-c3ccc4cc5c(cc4c3)c3ccccc3n5-c3ccccc3)c3ccccc3n2)cc1-n1c2cc3ccccc3cc2c2c3ccccc3ccc21. The third kappa shape index (κ3) is 10.8. The van der Waals surface area contributed by atoms with Gasteiger partial charge in [0.05, 0.1) is 84.3 Å². The van der Waals surface area contributed by atoms with Crippen molar-refractivity contribution in [1.82, 2.24) is 38.2 Å². The van der Waals surface area contributed by atoms with Gasteiger partial charge in [-0.15, -0.1) is 0 Å². The molecule has 564 valence electrons. The van der Waals surface area contributed by atoms with E-state index in [-0.39, 0.29) is 41.2 Å². The summed E-state index contributed by atoms with van der Waals surface area (Å²) in [4.78, 5) is 24.8. The molecule has 0 spiro atoms. The summed E-state index contributed by atoms with van der Waals surface area (Å²) in [6, 6.07) is 132. The Bertz CT molecular complexity index is 9230. The number of hydrogen-bond donors (Lipinski definition) is 0. The topological polar surface area (TPSA) is 75.6 Å². The van der Waals surface area contributed by atoms with Crippen LogP contribution in [0.15, 0.2) is 406 Å². The second-order valence-electron chi connectivity index (χ2n) is 31.6. The molecule has 0 radical (unpaired) electrons. The van der Waals surface area contributed by atoms with E-state index in [1.807, 2.05) is 77.4 Å². The monoisotopic (exact) mass is 1550 g/mol. The van der Waals surface area contributed by atoms with Crippen molar-refractivity contribution in [3.05, 3.63) is 418 Å². The van der Waals surface area contributed by atoms with Crippen LogP contribution in [0.1, 0.15) is 5.48 Å². The number of aromatic nitrogens is 8. The minimum absolute atomic E-state index is 0.0510. The zero-order valence-corrected chi connectivity index (χ0v) is 65.4. The summed E-state index contributed by atoms with van der Waals surface area (Å²) in [6.07, 6.45) is 0. The van der Waals surface area contributed by atoms with Crippen LogP contribution in [-0.4, -0.2) is 38.2 Å². The van der Waals surface area contributed by atoms with E-state index in [0.29, 0.717) is 22.7 Å². The Balaban J connectivity index is 0.000000137. The zero-order valence-electron chi connectivity index (χ0n) is 69.4. The normalized spacial score (nSPS) is 12.4. The minimum Gasteiger partial charge on any atom is -0.319 e. The molecule has 0 aliphatic heterocycles. The fraction of sp³-hybridized carbons (Fsp3) is 0. The summed E-state index contributed by atoms with van der Waals surface area (Å²) in [6.45, 7) is 8.38. The van der Waals surface area contributed by atoms with Gasteiger partial charge in [-0.05, 0) is 205 Å². The Kier molecular flexibility index (Phi) is 14.4. The first-order valence-electron chi connectivity index (χ1n) is 43.0. The molecule has 0 aliphatic rings. The smallest absolute Gasteiger partial charge is 0.210 e. The van der Waals surface area contributed by atoms with Crippen molar-refractivity contribution in [2.45, 2.75) is 0 Å². The number of hydrogen-bond acceptors (Lipinski definition) is 4. The molecule has 6 aromatic heterocycles. The molecule has 0 amide bonds. The standard InChI is InChI=1S/C57H33N5.C56H34N4/c1-58-49-27-25-40(34-54(49)62-51-28-26-35-13-7-8-18-43(35)55(51)47-30-36-14-5-6-15-37(36)32-53(47)62)57-59-48-21-11-9-20-45(48)56(60-57)39-24-23-38-33-52-46(31-41(38)29-39)44-19-10-12-22-50(44)61(52)42-16-3-2-4-17-42;1-2-17-42(18-3-1)59-51-29-25-41(32-48(51)49-31-38-14-5-6-15-39(38)33-52(49)59)54-46-20-10-11-21-50(46)57-56(58-54)36-22-26-43(27-23-36)60-53-34-40-16-7-4-13-37(40)30-47(53)45-28-24-35-12-8-9-19-44(35)55(45)60/h2-34H;1-34H/i;22D,23D,26D,27D. The summed E-state index contributed by atoms with van der Waals surface area (Å²) in [7, 11) is 0. The molecule has 9 nitrogen and oxygen atoms in total. The number of nitrogens with zero attached hydrogens (tertiary/aromatic N) is 9. The Morgan fingerprint density at radius 1 is 0.230 bits per heavy atom. The highest BCUT2D eigenvalue weighted by Crippen LogP contribution is 2.46. The molecular formula is C113H67N9. The number of benzene rings is 20. The summed E-state index contributed by atoms with van der Waals surface area (Å²) in [5, 5.41) is 24.1. The van der Waals surface area contributed by atoms with Gasteiger partial charge in [-0.2, -0.15) is 0 Å². The predicted molar refractivity (Wildman–Crippen MR) is 509 cm³/mol. The van der Waals surface area contributed by atoms with Crippen molar-refractivity contribution >= 4 is 179 Å². The van der Waals surface area contributed by atoms with Gasteiger partial charge in [-0.1, -0.05) is 261 Å². The van der Waals surface area contributed by atoms with Crippen LogP contribution in [0.5, 0.6) is 0 Å². The lowest BCUT2D eigenvalue weighted by Crippen LogP contribution is -1.98. The fourth-order valence-corrected chi connectivity index (χ4v) is 19.2. The molecule has 0 fully saturated rings. The highest BCUT2D eigenvalue weighted by Gasteiger charge is 2.25. The van der Waals surface area contributed by atoms with Crippen molar-refractivity contribution in [3.8, 4) is 68.0 Å². The van der Waals surface area contributed by atoms with Crippen LogP contribution in [0, 0.1) is 6.57 Å². The largest absolute Gasteiger partial charge is 0.319 e. The van der Waals surface area contributed by atoms with Crippen LogP contribution in [0.25, 0.3) is 247 Å². The lowest BCUT2D eigenvalue weighted by Gasteiger charge is -2.14. The van der Waals surface area contributed by atoms with Gasteiger partial charge in [0.25, 0.3) is 0 Å². The van der Waals surface area contributed by atoms with Crippen LogP contribution in [0.2, 0.25) is 0 Å². The van der Waals surface area contributed by atoms with Crippen LogP contribution < -0.4 is 0 Å². The molecule has 9 heteroatoms. The first-order chi connectivity index (χ1) is 62.1. The Morgan fingerprint density at radius 2 is 0.639 bits per heavy atom. The summed E-state index contributed by atoms with van der Waals surface area (Å²) >= 11 is 0. The van der Waals surface area contributed by atoms with E-state index in [4.69, 9.17) is 26.5 Å². The lowest BCUT2D eigenvalue weighted by atomic mass is 10.00. The van der Waals surface area contributed by atoms with Gasteiger partial charge in [0.1, 0.15) is 0 Å². The van der Waals surface area contributed by atoms with Crippen molar-refractivity contribution in [2.24, 2.45) is 0 Å². The maximum Gasteiger partial charge on any atom is 0.210 e. The maximum absolute atomic E-state index is 9.73. The van der Waals surface area contributed by atoms with Crippen LogP contribution in [0.3, 0.4) is 0 Å². The molecule has 20 aromatic carbocycles. The molecule has 26 rings (SSSR count). The summed E-state index contributed by atoms with van der Waals surface area (Å²) in [5.41, 5.74) is 17.8. The van der Waals surface area contributed by atoms with E-state index >= 15 is 0 Å².